The molecule has 4 aromatic rings. The van der Waals surface area contributed by atoms with Crippen molar-refractivity contribution < 1.29 is 5.11 Å². The van der Waals surface area contributed by atoms with E-state index in [4.69, 9.17) is 4.98 Å². The lowest BCUT2D eigenvalue weighted by Crippen LogP contribution is -2.21. The number of phenols is 1. The van der Waals surface area contributed by atoms with Crippen LogP contribution in [-0.2, 0) is 0 Å². The van der Waals surface area contributed by atoms with E-state index in [1.807, 2.05) is 12.1 Å². The van der Waals surface area contributed by atoms with Crippen LogP contribution >= 0.6 is 31.9 Å². The summed E-state index contributed by atoms with van der Waals surface area (Å²) in [7, 11) is 0. The van der Waals surface area contributed by atoms with Gasteiger partial charge in [-0.1, -0.05) is 24.3 Å². The number of hydrogen-bond acceptors (Lipinski definition) is 4. The quantitative estimate of drug-likeness (QED) is 0.200. The van der Waals surface area contributed by atoms with Gasteiger partial charge in [-0.05, 0) is 96.0 Å². The predicted octanol–water partition coefficient (Wildman–Crippen LogP) is 8.33. The lowest BCUT2D eigenvalue weighted by atomic mass is 10.0. The van der Waals surface area contributed by atoms with E-state index in [0.717, 1.165) is 60.1 Å². The summed E-state index contributed by atoms with van der Waals surface area (Å²) in [6.45, 7) is 12.6. The number of aromatic nitrogens is 2. The highest BCUT2D eigenvalue weighted by Gasteiger charge is 2.18. The van der Waals surface area contributed by atoms with Crippen molar-refractivity contribution in [2.45, 2.75) is 27.7 Å². The van der Waals surface area contributed by atoms with Crippen molar-refractivity contribution >= 4 is 43.2 Å². The molecule has 0 aliphatic rings. The van der Waals surface area contributed by atoms with Gasteiger partial charge in [0.15, 0.2) is 0 Å². The standard InChI is InChI=1S/C29H32Br2N4O/c1-5-34(6-2)22-13-9-19(10-14-22)26-27(20-11-15-23(16-12-20)35(7-3)8-4)33-29(32-26)21-17-24(30)28(36)25(31)18-21/h9-18,36H,5-8H2,1-4H3,(H,32,33). The SMILES string of the molecule is CCN(CC)c1ccc(-c2nc(-c3cc(Br)c(O)c(Br)c3)[nH]c2-c2ccc(N(CC)CC)cc2)cc1. The maximum absolute atomic E-state index is 10.2. The zero-order valence-electron chi connectivity index (χ0n) is 21.1. The monoisotopic (exact) mass is 610 g/mol. The third-order valence-electron chi connectivity index (χ3n) is 6.55. The second kappa shape index (κ2) is 11.5. The van der Waals surface area contributed by atoms with Gasteiger partial charge in [0.25, 0.3) is 0 Å². The third-order valence-corrected chi connectivity index (χ3v) is 7.76. The van der Waals surface area contributed by atoms with Crippen LogP contribution in [0.25, 0.3) is 33.9 Å². The molecule has 1 heterocycles. The van der Waals surface area contributed by atoms with Crippen LogP contribution in [0.2, 0.25) is 0 Å². The molecular weight excluding hydrogens is 580 g/mol. The van der Waals surface area contributed by atoms with Crippen LogP contribution < -0.4 is 9.80 Å². The number of aromatic hydroxyl groups is 1. The fraction of sp³-hybridized carbons (Fsp3) is 0.276. The first-order valence-corrected chi connectivity index (χ1v) is 14.0. The van der Waals surface area contributed by atoms with Gasteiger partial charge in [-0.3, -0.25) is 0 Å². The highest BCUT2D eigenvalue weighted by atomic mass is 79.9. The topological polar surface area (TPSA) is 55.4 Å². The number of nitrogens with one attached hydrogen (secondary N) is 1. The summed E-state index contributed by atoms with van der Waals surface area (Å²) in [6.07, 6.45) is 0. The molecule has 0 unspecified atom stereocenters. The van der Waals surface area contributed by atoms with E-state index in [0.29, 0.717) is 8.95 Å². The fourth-order valence-corrected chi connectivity index (χ4v) is 5.66. The summed E-state index contributed by atoms with van der Waals surface area (Å²) >= 11 is 6.90. The average molecular weight is 612 g/mol. The van der Waals surface area contributed by atoms with E-state index >= 15 is 0 Å². The van der Waals surface area contributed by atoms with Gasteiger partial charge in [0.05, 0.1) is 20.3 Å². The van der Waals surface area contributed by atoms with E-state index in [1.165, 1.54) is 11.4 Å². The van der Waals surface area contributed by atoms with Crippen LogP contribution in [0.3, 0.4) is 0 Å². The Labute approximate surface area is 230 Å². The number of halogens is 2. The van der Waals surface area contributed by atoms with Crippen molar-refractivity contribution in [3.05, 3.63) is 69.6 Å². The molecule has 0 saturated heterocycles. The Bertz CT molecular complexity index is 1210. The first kappa shape index (κ1) is 26.3. The first-order valence-electron chi connectivity index (χ1n) is 12.4. The Kier molecular flexibility index (Phi) is 8.42. The maximum Gasteiger partial charge on any atom is 0.143 e. The number of imidazole rings is 1. The van der Waals surface area contributed by atoms with Gasteiger partial charge in [-0.15, -0.1) is 0 Å². The normalized spacial score (nSPS) is 11.1. The molecule has 1 aromatic heterocycles. The summed E-state index contributed by atoms with van der Waals surface area (Å²) in [5, 5.41) is 10.2. The molecule has 0 spiro atoms. The number of H-pyrrole nitrogens is 1. The predicted molar refractivity (Wildman–Crippen MR) is 159 cm³/mol. The molecule has 36 heavy (non-hydrogen) atoms. The lowest BCUT2D eigenvalue weighted by molar-refractivity contribution is 0.468. The molecule has 0 atom stereocenters. The molecule has 0 amide bonds. The number of hydrogen-bond donors (Lipinski definition) is 2. The number of phenolic OH excluding ortho intramolecular Hbond substituents is 1. The zero-order valence-corrected chi connectivity index (χ0v) is 24.3. The van der Waals surface area contributed by atoms with Crippen LogP contribution in [0.15, 0.2) is 69.6 Å². The third kappa shape index (κ3) is 5.32. The molecule has 0 aliphatic heterocycles. The van der Waals surface area contributed by atoms with E-state index in [-0.39, 0.29) is 5.75 Å². The molecular formula is C29H32Br2N4O. The molecule has 4 rings (SSSR count). The Hall–Kier alpha value is -2.77. The molecule has 3 aromatic carbocycles. The van der Waals surface area contributed by atoms with Gasteiger partial charge in [-0.2, -0.15) is 0 Å². The zero-order chi connectivity index (χ0) is 25.8. The Balaban J connectivity index is 1.82. The van der Waals surface area contributed by atoms with Crippen molar-refractivity contribution in [2.24, 2.45) is 0 Å². The lowest BCUT2D eigenvalue weighted by Gasteiger charge is -2.21. The largest absolute Gasteiger partial charge is 0.506 e. The van der Waals surface area contributed by atoms with Gasteiger partial charge in [0.2, 0.25) is 0 Å². The molecule has 2 N–H and O–H groups in total. The molecule has 0 saturated carbocycles. The second-order valence-electron chi connectivity index (χ2n) is 8.54. The van der Waals surface area contributed by atoms with E-state index in [2.05, 4.69) is 123 Å². The fourth-order valence-electron chi connectivity index (χ4n) is 4.48. The van der Waals surface area contributed by atoms with E-state index in [1.54, 1.807) is 0 Å². The molecule has 5 nitrogen and oxygen atoms in total. The minimum atomic E-state index is 0.171. The number of aromatic amines is 1. The summed E-state index contributed by atoms with van der Waals surface area (Å²) in [5.41, 5.74) is 7.27. The highest BCUT2D eigenvalue weighted by Crippen LogP contribution is 2.39. The van der Waals surface area contributed by atoms with E-state index < -0.39 is 0 Å². The number of benzene rings is 3. The van der Waals surface area contributed by atoms with Crippen LogP contribution in [0.1, 0.15) is 27.7 Å². The van der Waals surface area contributed by atoms with Crippen molar-refractivity contribution in [1.29, 1.82) is 0 Å². The molecule has 188 valence electrons. The van der Waals surface area contributed by atoms with Crippen LogP contribution in [0.5, 0.6) is 5.75 Å². The van der Waals surface area contributed by atoms with Crippen molar-refractivity contribution in [2.75, 3.05) is 36.0 Å². The van der Waals surface area contributed by atoms with Crippen molar-refractivity contribution in [1.82, 2.24) is 9.97 Å². The highest BCUT2D eigenvalue weighted by molar-refractivity contribution is 9.11. The molecule has 7 heteroatoms. The Morgan fingerprint density at radius 2 is 1.14 bits per heavy atom. The summed E-state index contributed by atoms with van der Waals surface area (Å²) in [6, 6.07) is 21.0. The average Bonchev–Trinajstić information content (AvgIpc) is 3.35. The van der Waals surface area contributed by atoms with Crippen molar-refractivity contribution in [3.8, 4) is 39.7 Å². The van der Waals surface area contributed by atoms with Gasteiger partial charge in [-0.25, -0.2) is 4.98 Å². The smallest absolute Gasteiger partial charge is 0.143 e. The maximum atomic E-state index is 10.2. The second-order valence-corrected chi connectivity index (χ2v) is 10.2. The van der Waals surface area contributed by atoms with Gasteiger partial charge >= 0.3 is 0 Å². The summed E-state index contributed by atoms with van der Waals surface area (Å²) in [5.74, 6) is 0.909. The van der Waals surface area contributed by atoms with Crippen LogP contribution in [-0.4, -0.2) is 41.3 Å². The number of anilines is 2. The Morgan fingerprint density at radius 3 is 1.58 bits per heavy atom. The molecule has 0 fully saturated rings. The van der Waals surface area contributed by atoms with E-state index in [9.17, 15) is 5.11 Å². The summed E-state index contributed by atoms with van der Waals surface area (Å²) < 4.78 is 1.22. The minimum Gasteiger partial charge on any atom is -0.506 e. The first-order chi connectivity index (χ1) is 17.4. The summed E-state index contributed by atoms with van der Waals surface area (Å²) in [4.78, 5) is 13.3. The van der Waals surface area contributed by atoms with Crippen LogP contribution in [0.4, 0.5) is 11.4 Å². The number of rotatable bonds is 9. The van der Waals surface area contributed by atoms with Gasteiger partial charge in [0.1, 0.15) is 11.6 Å². The molecule has 0 radical (unpaired) electrons. The van der Waals surface area contributed by atoms with Gasteiger partial charge < -0.3 is 19.9 Å². The minimum absolute atomic E-state index is 0.171. The molecule has 0 bridgehead atoms. The molecule has 0 aliphatic carbocycles. The van der Waals surface area contributed by atoms with Crippen molar-refractivity contribution in [3.63, 3.8) is 0 Å². The van der Waals surface area contributed by atoms with Crippen LogP contribution in [0, 0.1) is 0 Å². The van der Waals surface area contributed by atoms with Gasteiger partial charge in [0, 0.05) is 54.2 Å². The number of nitrogens with zero attached hydrogens (tertiary/aromatic N) is 3. The Morgan fingerprint density at radius 1 is 0.694 bits per heavy atom.